The third-order valence-electron chi connectivity index (χ3n) is 4.21. The van der Waals surface area contributed by atoms with E-state index in [1.165, 1.54) is 38.8 Å². The summed E-state index contributed by atoms with van der Waals surface area (Å²) >= 11 is 0. The van der Waals surface area contributed by atoms with Crippen LogP contribution in [0, 0.1) is 5.41 Å². The molecule has 2 rings (SSSR count). The molecule has 2 heteroatoms. The van der Waals surface area contributed by atoms with Crippen LogP contribution in [0.4, 0.5) is 0 Å². The maximum Gasteiger partial charge on any atom is 0.0275 e. The van der Waals surface area contributed by atoms with Crippen LogP contribution in [0.2, 0.25) is 0 Å². The molecule has 0 aromatic heterocycles. The van der Waals surface area contributed by atoms with Gasteiger partial charge in [0.2, 0.25) is 0 Å². The molecule has 0 amide bonds. The van der Waals surface area contributed by atoms with Crippen molar-refractivity contribution in [2.24, 2.45) is 11.1 Å². The van der Waals surface area contributed by atoms with E-state index in [4.69, 9.17) is 5.73 Å². The van der Waals surface area contributed by atoms with Crippen LogP contribution in [0.25, 0.3) is 0 Å². The van der Waals surface area contributed by atoms with E-state index in [1.807, 2.05) is 0 Å². The predicted octanol–water partition coefficient (Wildman–Crippen LogP) is 1.60. The highest BCUT2D eigenvalue weighted by Gasteiger charge is 2.45. The first-order valence-electron chi connectivity index (χ1n) is 5.53. The fourth-order valence-corrected chi connectivity index (χ4v) is 2.67. The van der Waals surface area contributed by atoms with Crippen LogP contribution >= 0.6 is 0 Å². The number of nitrogens with two attached hydrogens (primary N) is 1. The lowest BCUT2D eigenvalue weighted by Crippen LogP contribution is -2.49. The van der Waals surface area contributed by atoms with Gasteiger partial charge in [0, 0.05) is 18.6 Å². The first kappa shape index (κ1) is 9.47. The summed E-state index contributed by atoms with van der Waals surface area (Å²) in [5.74, 6) is 0. The molecule has 1 spiro atoms. The monoisotopic (exact) mass is 182 g/mol. The molecule has 1 heterocycles. The van der Waals surface area contributed by atoms with Crippen LogP contribution in [0.15, 0.2) is 0 Å². The SMILES string of the molecule is CC(C)(CN)N1CCC2(CCC2)C1. The summed E-state index contributed by atoms with van der Waals surface area (Å²) in [6, 6.07) is 0. The molecule has 0 aromatic rings. The first-order chi connectivity index (χ1) is 6.08. The summed E-state index contributed by atoms with van der Waals surface area (Å²) in [6.45, 7) is 7.89. The normalized spacial score (nSPS) is 27.9. The van der Waals surface area contributed by atoms with Crippen molar-refractivity contribution in [1.29, 1.82) is 0 Å². The Labute approximate surface area is 81.5 Å². The van der Waals surface area contributed by atoms with Crippen molar-refractivity contribution < 1.29 is 0 Å². The molecule has 2 N–H and O–H groups in total. The molecule has 1 aliphatic carbocycles. The molecule has 1 saturated heterocycles. The molecule has 2 fully saturated rings. The van der Waals surface area contributed by atoms with E-state index < -0.39 is 0 Å². The lowest BCUT2D eigenvalue weighted by molar-refractivity contribution is 0.0964. The zero-order valence-corrected chi connectivity index (χ0v) is 8.97. The highest BCUT2D eigenvalue weighted by molar-refractivity contribution is 4.99. The Bertz CT molecular complexity index is 194. The number of nitrogens with zero attached hydrogens (tertiary/aromatic N) is 1. The van der Waals surface area contributed by atoms with Crippen LogP contribution in [0.1, 0.15) is 39.5 Å². The number of likely N-dealkylation sites (tertiary alicyclic amines) is 1. The van der Waals surface area contributed by atoms with Gasteiger partial charge in [0.15, 0.2) is 0 Å². The Morgan fingerprint density at radius 1 is 1.31 bits per heavy atom. The van der Waals surface area contributed by atoms with Crippen molar-refractivity contribution in [2.45, 2.75) is 45.1 Å². The van der Waals surface area contributed by atoms with Gasteiger partial charge >= 0.3 is 0 Å². The van der Waals surface area contributed by atoms with Crippen molar-refractivity contribution in [2.75, 3.05) is 19.6 Å². The number of rotatable bonds is 2. The predicted molar refractivity (Wildman–Crippen MR) is 55.6 cm³/mol. The second-order valence-corrected chi connectivity index (χ2v) is 5.54. The van der Waals surface area contributed by atoms with Crippen molar-refractivity contribution in [1.82, 2.24) is 4.90 Å². The summed E-state index contributed by atoms with van der Waals surface area (Å²) < 4.78 is 0. The van der Waals surface area contributed by atoms with E-state index >= 15 is 0 Å². The Morgan fingerprint density at radius 2 is 2.00 bits per heavy atom. The van der Waals surface area contributed by atoms with Crippen molar-refractivity contribution in [3.05, 3.63) is 0 Å². The molecule has 0 unspecified atom stereocenters. The summed E-state index contributed by atoms with van der Waals surface area (Å²) in [5.41, 5.74) is 6.73. The van der Waals surface area contributed by atoms with E-state index in [0.717, 1.165) is 6.54 Å². The molecule has 13 heavy (non-hydrogen) atoms. The minimum absolute atomic E-state index is 0.221. The van der Waals surface area contributed by atoms with Crippen molar-refractivity contribution >= 4 is 0 Å². The average molecular weight is 182 g/mol. The van der Waals surface area contributed by atoms with Crippen LogP contribution in [-0.4, -0.2) is 30.1 Å². The standard InChI is InChI=1S/C11H22N2/c1-10(2,8-12)13-7-6-11(9-13)4-3-5-11/h3-9,12H2,1-2H3. The largest absolute Gasteiger partial charge is 0.329 e. The smallest absolute Gasteiger partial charge is 0.0275 e. The average Bonchev–Trinajstić information content (AvgIpc) is 2.48. The zero-order valence-electron chi connectivity index (χ0n) is 8.97. The Hall–Kier alpha value is -0.0800. The summed E-state index contributed by atoms with van der Waals surface area (Å²) in [6.07, 6.45) is 5.79. The fourth-order valence-electron chi connectivity index (χ4n) is 2.67. The van der Waals surface area contributed by atoms with Crippen LogP contribution in [-0.2, 0) is 0 Å². The zero-order chi connectivity index (χ0) is 9.53. The summed E-state index contributed by atoms with van der Waals surface area (Å²) in [7, 11) is 0. The van der Waals surface area contributed by atoms with Gasteiger partial charge in [-0.2, -0.15) is 0 Å². The molecule has 0 bridgehead atoms. The van der Waals surface area contributed by atoms with E-state index in [2.05, 4.69) is 18.7 Å². The quantitative estimate of drug-likeness (QED) is 0.703. The molecule has 2 aliphatic rings. The first-order valence-corrected chi connectivity index (χ1v) is 5.53. The third kappa shape index (κ3) is 1.50. The van der Waals surface area contributed by atoms with Crippen molar-refractivity contribution in [3.8, 4) is 0 Å². The highest BCUT2D eigenvalue weighted by atomic mass is 15.2. The van der Waals surface area contributed by atoms with Gasteiger partial charge in [0.05, 0.1) is 0 Å². The lowest BCUT2D eigenvalue weighted by atomic mass is 9.68. The molecular weight excluding hydrogens is 160 g/mol. The van der Waals surface area contributed by atoms with Gasteiger partial charge < -0.3 is 5.73 Å². The fraction of sp³-hybridized carbons (Fsp3) is 1.00. The minimum Gasteiger partial charge on any atom is -0.329 e. The molecule has 0 atom stereocenters. The molecule has 1 saturated carbocycles. The molecule has 1 aliphatic heterocycles. The second-order valence-electron chi connectivity index (χ2n) is 5.54. The van der Waals surface area contributed by atoms with Gasteiger partial charge in [0.1, 0.15) is 0 Å². The molecule has 2 nitrogen and oxygen atoms in total. The lowest BCUT2D eigenvalue weighted by Gasteiger charge is -2.41. The Kier molecular flexibility index (Phi) is 2.16. The van der Waals surface area contributed by atoms with Gasteiger partial charge in [-0.15, -0.1) is 0 Å². The highest BCUT2D eigenvalue weighted by Crippen LogP contribution is 2.49. The van der Waals surface area contributed by atoms with Gasteiger partial charge in [-0.3, -0.25) is 4.90 Å². The van der Waals surface area contributed by atoms with Gasteiger partial charge in [-0.05, 0) is 45.1 Å². The van der Waals surface area contributed by atoms with Crippen LogP contribution < -0.4 is 5.73 Å². The summed E-state index contributed by atoms with van der Waals surface area (Å²) in [5, 5.41) is 0. The maximum absolute atomic E-state index is 5.79. The third-order valence-corrected chi connectivity index (χ3v) is 4.21. The van der Waals surface area contributed by atoms with E-state index in [9.17, 15) is 0 Å². The van der Waals surface area contributed by atoms with Gasteiger partial charge in [-0.25, -0.2) is 0 Å². The molecular formula is C11H22N2. The molecule has 0 aromatic carbocycles. The maximum atomic E-state index is 5.79. The minimum atomic E-state index is 0.221. The van der Waals surface area contributed by atoms with Gasteiger partial charge in [-0.1, -0.05) is 6.42 Å². The van der Waals surface area contributed by atoms with E-state index in [1.54, 1.807) is 0 Å². The number of hydrogen-bond donors (Lipinski definition) is 1. The Balaban J connectivity index is 1.97. The van der Waals surface area contributed by atoms with Crippen LogP contribution in [0.3, 0.4) is 0 Å². The second kappa shape index (κ2) is 2.96. The Morgan fingerprint density at radius 3 is 2.38 bits per heavy atom. The molecule has 0 radical (unpaired) electrons. The topological polar surface area (TPSA) is 29.3 Å². The van der Waals surface area contributed by atoms with E-state index in [-0.39, 0.29) is 5.54 Å². The summed E-state index contributed by atoms with van der Waals surface area (Å²) in [4.78, 5) is 2.59. The molecule has 76 valence electrons. The van der Waals surface area contributed by atoms with Crippen LogP contribution in [0.5, 0.6) is 0 Å². The number of hydrogen-bond acceptors (Lipinski definition) is 2. The van der Waals surface area contributed by atoms with Crippen molar-refractivity contribution in [3.63, 3.8) is 0 Å². The van der Waals surface area contributed by atoms with E-state index in [0.29, 0.717) is 5.41 Å². The van der Waals surface area contributed by atoms with Gasteiger partial charge in [0.25, 0.3) is 0 Å².